The first-order valence-corrected chi connectivity index (χ1v) is 7.93. The summed E-state index contributed by atoms with van der Waals surface area (Å²) in [6.07, 6.45) is 5.83. The van der Waals surface area contributed by atoms with Crippen LogP contribution in [0.3, 0.4) is 0 Å². The number of ether oxygens (including phenoxy) is 2. The van der Waals surface area contributed by atoms with Crippen LogP contribution in [-0.4, -0.2) is 19.3 Å². The molecule has 1 aromatic rings. The Balaban J connectivity index is 1.83. The first-order chi connectivity index (χ1) is 9.78. The second-order valence-corrected chi connectivity index (χ2v) is 6.11. The van der Waals surface area contributed by atoms with Gasteiger partial charge in [-0.15, -0.1) is 0 Å². The Labute approximate surface area is 121 Å². The van der Waals surface area contributed by atoms with E-state index in [1.807, 2.05) is 0 Å². The van der Waals surface area contributed by atoms with Crippen molar-refractivity contribution in [3.05, 3.63) is 23.8 Å². The van der Waals surface area contributed by atoms with Crippen molar-refractivity contribution in [2.24, 2.45) is 11.7 Å². The van der Waals surface area contributed by atoms with E-state index < -0.39 is 0 Å². The molecule has 0 saturated heterocycles. The summed E-state index contributed by atoms with van der Waals surface area (Å²) in [4.78, 5) is 0. The van der Waals surface area contributed by atoms with E-state index in [9.17, 15) is 0 Å². The van der Waals surface area contributed by atoms with Gasteiger partial charge in [0.15, 0.2) is 11.5 Å². The number of benzene rings is 1. The molecule has 20 heavy (non-hydrogen) atoms. The molecule has 0 radical (unpaired) electrons. The molecule has 1 aliphatic carbocycles. The smallest absolute Gasteiger partial charge is 0.161 e. The Bertz CT molecular complexity index is 460. The van der Waals surface area contributed by atoms with Gasteiger partial charge in [-0.3, -0.25) is 0 Å². The van der Waals surface area contributed by atoms with Gasteiger partial charge in [0.05, 0.1) is 13.2 Å². The molecule has 2 N–H and O–H groups in total. The van der Waals surface area contributed by atoms with Crippen molar-refractivity contribution in [3.8, 4) is 11.5 Å². The average molecular weight is 275 g/mol. The maximum absolute atomic E-state index is 6.36. The van der Waals surface area contributed by atoms with Crippen molar-refractivity contribution < 1.29 is 9.47 Å². The van der Waals surface area contributed by atoms with Crippen LogP contribution in [0.4, 0.5) is 0 Å². The standard InChI is InChI=1S/C17H25NO2/c1-2-12-4-6-15(18)14(10-12)13-5-7-16-17(11-13)20-9-3-8-19-16/h5,7,11-12,14-15H,2-4,6,8-10,18H2,1H3. The molecule has 2 aliphatic rings. The van der Waals surface area contributed by atoms with Gasteiger partial charge in [0.25, 0.3) is 0 Å². The summed E-state index contributed by atoms with van der Waals surface area (Å²) >= 11 is 0. The minimum absolute atomic E-state index is 0.280. The van der Waals surface area contributed by atoms with Crippen molar-refractivity contribution in [2.75, 3.05) is 13.2 Å². The van der Waals surface area contributed by atoms with Crippen LogP contribution in [0, 0.1) is 5.92 Å². The summed E-state index contributed by atoms with van der Waals surface area (Å²) in [6.45, 7) is 3.77. The molecule has 0 amide bonds. The van der Waals surface area contributed by atoms with Gasteiger partial charge in [0.2, 0.25) is 0 Å². The minimum atomic E-state index is 0.280. The van der Waals surface area contributed by atoms with E-state index in [0.29, 0.717) is 5.92 Å². The summed E-state index contributed by atoms with van der Waals surface area (Å²) < 4.78 is 11.5. The maximum Gasteiger partial charge on any atom is 0.161 e. The first-order valence-electron chi connectivity index (χ1n) is 7.93. The van der Waals surface area contributed by atoms with Crippen molar-refractivity contribution >= 4 is 0 Å². The van der Waals surface area contributed by atoms with Gasteiger partial charge in [-0.05, 0) is 48.8 Å². The summed E-state index contributed by atoms with van der Waals surface area (Å²) in [6, 6.07) is 6.67. The minimum Gasteiger partial charge on any atom is -0.490 e. The lowest BCUT2D eigenvalue weighted by Gasteiger charge is -2.34. The van der Waals surface area contributed by atoms with Crippen molar-refractivity contribution in [1.82, 2.24) is 0 Å². The van der Waals surface area contributed by atoms with E-state index >= 15 is 0 Å². The van der Waals surface area contributed by atoms with Crippen LogP contribution in [0.15, 0.2) is 18.2 Å². The molecule has 3 heteroatoms. The summed E-state index contributed by atoms with van der Waals surface area (Å²) in [5, 5.41) is 0. The zero-order chi connectivity index (χ0) is 13.9. The predicted octanol–water partition coefficient (Wildman–Crippen LogP) is 3.47. The van der Waals surface area contributed by atoms with E-state index in [1.165, 1.54) is 24.8 Å². The van der Waals surface area contributed by atoms with Crippen molar-refractivity contribution in [2.45, 2.75) is 51.0 Å². The van der Waals surface area contributed by atoms with Crippen LogP contribution in [0.5, 0.6) is 11.5 Å². The first kappa shape index (κ1) is 13.7. The predicted molar refractivity (Wildman–Crippen MR) is 80.4 cm³/mol. The Morgan fingerprint density at radius 2 is 1.95 bits per heavy atom. The molecule has 110 valence electrons. The van der Waals surface area contributed by atoms with Crippen LogP contribution in [-0.2, 0) is 0 Å². The zero-order valence-electron chi connectivity index (χ0n) is 12.3. The van der Waals surface area contributed by atoms with E-state index in [4.69, 9.17) is 15.2 Å². The van der Waals surface area contributed by atoms with Gasteiger partial charge in [-0.25, -0.2) is 0 Å². The number of hydrogen-bond donors (Lipinski definition) is 1. The van der Waals surface area contributed by atoms with Crippen molar-refractivity contribution in [3.63, 3.8) is 0 Å². The quantitative estimate of drug-likeness (QED) is 0.899. The Morgan fingerprint density at radius 1 is 1.15 bits per heavy atom. The number of fused-ring (bicyclic) bond motifs is 1. The van der Waals surface area contributed by atoms with Crippen LogP contribution in [0.1, 0.15) is 50.5 Å². The molecule has 3 unspecified atom stereocenters. The molecule has 1 saturated carbocycles. The van der Waals surface area contributed by atoms with Crippen LogP contribution >= 0.6 is 0 Å². The fourth-order valence-electron chi connectivity index (χ4n) is 3.45. The average Bonchev–Trinajstić information content (AvgIpc) is 2.72. The Morgan fingerprint density at radius 3 is 2.75 bits per heavy atom. The lowest BCUT2D eigenvalue weighted by Crippen LogP contribution is -2.34. The molecule has 3 nitrogen and oxygen atoms in total. The molecule has 1 fully saturated rings. The molecule has 3 rings (SSSR count). The third-order valence-electron chi connectivity index (χ3n) is 4.79. The molecular formula is C17H25NO2. The summed E-state index contributed by atoms with van der Waals surface area (Å²) in [5.74, 6) is 3.05. The molecule has 0 spiro atoms. The largest absolute Gasteiger partial charge is 0.490 e. The summed E-state index contributed by atoms with van der Waals surface area (Å²) in [7, 11) is 0. The topological polar surface area (TPSA) is 44.5 Å². The highest BCUT2D eigenvalue weighted by Gasteiger charge is 2.29. The number of rotatable bonds is 2. The summed E-state index contributed by atoms with van der Waals surface area (Å²) in [5.41, 5.74) is 7.68. The van der Waals surface area contributed by atoms with E-state index in [1.54, 1.807) is 0 Å². The number of hydrogen-bond acceptors (Lipinski definition) is 3. The molecular weight excluding hydrogens is 250 g/mol. The van der Waals surface area contributed by atoms with Gasteiger partial charge < -0.3 is 15.2 Å². The van der Waals surface area contributed by atoms with E-state index in [-0.39, 0.29) is 6.04 Å². The van der Waals surface area contributed by atoms with Crippen molar-refractivity contribution in [1.29, 1.82) is 0 Å². The molecule has 0 aromatic heterocycles. The highest BCUT2D eigenvalue weighted by Crippen LogP contribution is 2.40. The fraction of sp³-hybridized carbons (Fsp3) is 0.647. The molecule has 1 heterocycles. The fourth-order valence-corrected chi connectivity index (χ4v) is 3.45. The number of nitrogens with two attached hydrogens (primary N) is 1. The third kappa shape index (κ3) is 2.78. The Hall–Kier alpha value is -1.22. The highest BCUT2D eigenvalue weighted by molar-refractivity contribution is 5.44. The van der Waals surface area contributed by atoms with E-state index in [2.05, 4.69) is 25.1 Å². The molecule has 1 aliphatic heterocycles. The lowest BCUT2D eigenvalue weighted by atomic mass is 9.74. The zero-order valence-corrected chi connectivity index (χ0v) is 12.3. The van der Waals surface area contributed by atoms with E-state index in [0.717, 1.165) is 43.5 Å². The lowest BCUT2D eigenvalue weighted by molar-refractivity contribution is 0.281. The second-order valence-electron chi connectivity index (χ2n) is 6.11. The maximum atomic E-state index is 6.36. The van der Waals surface area contributed by atoms with Gasteiger partial charge >= 0.3 is 0 Å². The highest BCUT2D eigenvalue weighted by atomic mass is 16.5. The van der Waals surface area contributed by atoms with Crippen LogP contribution < -0.4 is 15.2 Å². The molecule has 3 atom stereocenters. The second kappa shape index (κ2) is 6.04. The monoisotopic (exact) mass is 275 g/mol. The Kier molecular flexibility index (Phi) is 4.16. The van der Waals surface area contributed by atoms with Gasteiger partial charge in [-0.2, -0.15) is 0 Å². The van der Waals surface area contributed by atoms with Gasteiger partial charge in [0, 0.05) is 12.5 Å². The van der Waals surface area contributed by atoms with Gasteiger partial charge in [-0.1, -0.05) is 19.4 Å². The molecule has 1 aromatic carbocycles. The molecule has 0 bridgehead atoms. The van der Waals surface area contributed by atoms with Crippen LogP contribution in [0.25, 0.3) is 0 Å². The normalized spacial score (nSPS) is 29.8. The van der Waals surface area contributed by atoms with Crippen LogP contribution in [0.2, 0.25) is 0 Å². The third-order valence-corrected chi connectivity index (χ3v) is 4.79. The van der Waals surface area contributed by atoms with Gasteiger partial charge in [0.1, 0.15) is 0 Å². The SMILES string of the molecule is CCC1CCC(N)C(c2ccc3c(c2)OCCCO3)C1.